The summed E-state index contributed by atoms with van der Waals surface area (Å²) < 4.78 is 0. The average molecular weight is 263 g/mol. The van der Waals surface area contributed by atoms with Crippen LogP contribution in [0.5, 0.6) is 0 Å². The normalized spacial score (nSPS) is 14.4. The molecule has 20 heavy (non-hydrogen) atoms. The number of carbonyl (C=O) groups excluding carboxylic acids is 2. The minimum absolute atomic E-state index is 0.103. The third kappa shape index (κ3) is 1.18. The molecule has 4 nitrogen and oxygen atoms in total. The molecule has 0 spiro atoms. The van der Waals surface area contributed by atoms with Crippen LogP contribution in [0.3, 0.4) is 0 Å². The van der Waals surface area contributed by atoms with E-state index in [9.17, 15) is 14.4 Å². The van der Waals surface area contributed by atoms with Crippen molar-refractivity contribution < 1.29 is 9.59 Å². The fourth-order valence-electron chi connectivity index (χ4n) is 3.01. The van der Waals surface area contributed by atoms with Crippen LogP contribution < -0.4 is 10.9 Å². The second-order valence-corrected chi connectivity index (χ2v) is 5.03. The Labute approximate surface area is 112 Å². The summed E-state index contributed by atoms with van der Waals surface area (Å²) in [6, 6.07) is 6.76. The molecule has 0 unspecified atom stereocenters. The van der Waals surface area contributed by atoms with E-state index in [0.717, 1.165) is 5.39 Å². The largest absolute Gasteiger partial charge is 0.322 e. The predicted octanol–water partition coefficient (Wildman–Crippen LogP) is 1.58. The molecule has 0 saturated carbocycles. The van der Waals surface area contributed by atoms with E-state index < -0.39 is 0 Å². The molecule has 1 N–H and O–H groups in total. The molecule has 0 atom stereocenters. The Morgan fingerprint density at radius 2 is 1.45 bits per heavy atom. The Kier molecular flexibility index (Phi) is 1.90. The highest BCUT2D eigenvalue weighted by Gasteiger charge is 2.27. The van der Waals surface area contributed by atoms with Crippen LogP contribution >= 0.6 is 0 Å². The third-order valence-electron chi connectivity index (χ3n) is 3.92. The number of rotatable bonds is 0. The van der Waals surface area contributed by atoms with Gasteiger partial charge in [-0.3, -0.25) is 14.4 Å². The van der Waals surface area contributed by atoms with E-state index in [1.54, 1.807) is 24.3 Å². The molecule has 0 radical (unpaired) electrons. The molecule has 1 aliphatic rings. The van der Waals surface area contributed by atoms with Crippen molar-refractivity contribution in [3.63, 3.8) is 0 Å². The molecule has 1 heterocycles. The molecule has 4 rings (SSSR count). The third-order valence-corrected chi connectivity index (χ3v) is 3.92. The van der Waals surface area contributed by atoms with Gasteiger partial charge < -0.3 is 4.98 Å². The number of benzene rings is 2. The number of nitrogens with one attached hydrogen (secondary N) is 1. The number of aromatic amines is 1. The first kappa shape index (κ1) is 11.1. The zero-order valence-corrected chi connectivity index (χ0v) is 10.4. The Morgan fingerprint density at radius 3 is 2.10 bits per heavy atom. The summed E-state index contributed by atoms with van der Waals surface area (Å²) >= 11 is 0. The molecule has 0 fully saturated rings. The first-order chi connectivity index (χ1) is 9.58. The molecule has 4 heteroatoms. The molecule has 0 bridgehead atoms. The van der Waals surface area contributed by atoms with Crippen LogP contribution in [0.25, 0.3) is 28.1 Å². The van der Waals surface area contributed by atoms with Gasteiger partial charge in [-0.2, -0.15) is 0 Å². The molecular weight excluding hydrogens is 254 g/mol. The zero-order valence-electron chi connectivity index (χ0n) is 10.4. The number of hydrogen-bond donors (Lipinski definition) is 1. The first-order valence-electron chi connectivity index (χ1n) is 6.24. The van der Waals surface area contributed by atoms with E-state index in [1.165, 1.54) is 0 Å². The van der Waals surface area contributed by atoms with Crippen molar-refractivity contribution in [2.75, 3.05) is 0 Å². The lowest BCUT2D eigenvalue weighted by Crippen LogP contribution is -2.22. The predicted molar refractivity (Wildman–Crippen MR) is 76.1 cm³/mol. The van der Waals surface area contributed by atoms with Gasteiger partial charge in [0, 0.05) is 38.0 Å². The number of carbonyl (C=O) groups is 2. The van der Waals surface area contributed by atoms with Crippen molar-refractivity contribution in [3.05, 3.63) is 51.1 Å². The number of ketones is 2. The number of H-pyrrole nitrogens is 1. The van der Waals surface area contributed by atoms with Gasteiger partial charge in [-0.15, -0.1) is 0 Å². The van der Waals surface area contributed by atoms with Crippen LogP contribution in [-0.4, -0.2) is 16.6 Å². The lowest BCUT2D eigenvalue weighted by molar-refractivity contribution is 0.0890. The molecule has 0 amide bonds. The maximum absolute atomic E-state index is 12.0. The highest BCUT2D eigenvalue weighted by Crippen LogP contribution is 2.33. The van der Waals surface area contributed by atoms with Crippen molar-refractivity contribution in [1.29, 1.82) is 0 Å². The quantitative estimate of drug-likeness (QED) is 0.626. The Bertz CT molecular complexity index is 965. The lowest BCUT2D eigenvalue weighted by atomic mass is 9.84. The second kappa shape index (κ2) is 3.42. The standard InChI is InChI=1S/C16H9NO3/c1-7-8-2-3-9-12(18)6-13(19)10-4-5-11(16(20)17-7)14(8)15(9)10/h2-5H,1,6H2,(H,17,20). The van der Waals surface area contributed by atoms with Crippen molar-refractivity contribution in [3.8, 4) is 0 Å². The lowest BCUT2D eigenvalue weighted by Gasteiger charge is -2.17. The van der Waals surface area contributed by atoms with Gasteiger partial charge >= 0.3 is 0 Å². The van der Waals surface area contributed by atoms with E-state index >= 15 is 0 Å². The Hall–Kier alpha value is -2.75. The molecule has 1 aliphatic carbocycles. The van der Waals surface area contributed by atoms with E-state index in [0.29, 0.717) is 32.6 Å². The van der Waals surface area contributed by atoms with Gasteiger partial charge in [0.1, 0.15) is 0 Å². The van der Waals surface area contributed by atoms with Gasteiger partial charge in [-0.25, -0.2) is 0 Å². The summed E-state index contributed by atoms with van der Waals surface area (Å²) in [6.45, 7) is 3.83. The minimum atomic E-state index is -0.253. The van der Waals surface area contributed by atoms with Crippen molar-refractivity contribution in [2.24, 2.45) is 0 Å². The molecule has 0 aliphatic heterocycles. The van der Waals surface area contributed by atoms with E-state index in [-0.39, 0.29) is 23.5 Å². The fourth-order valence-corrected chi connectivity index (χ4v) is 3.01. The number of hydrogen-bond acceptors (Lipinski definition) is 3. The maximum Gasteiger partial charge on any atom is 0.256 e. The number of Topliss-reactive ketones (excluding diaryl/α,β-unsaturated/α-hetero) is 2. The van der Waals surface area contributed by atoms with Crippen LogP contribution in [0, 0.1) is 0 Å². The molecular formula is C16H9NO3. The van der Waals surface area contributed by atoms with Gasteiger partial charge in [0.25, 0.3) is 5.56 Å². The van der Waals surface area contributed by atoms with Gasteiger partial charge in [-0.05, 0) is 12.1 Å². The summed E-state index contributed by atoms with van der Waals surface area (Å²) in [5.41, 5.74) is 0.780. The number of pyridine rings is 1. The van der Waals surface area contributed by atoms with Crippen LogP contribution in [0.1, 0.15) is 27.1 Å². The second-order valence-electron chi connectivity index (χ2n) is 5.03. The topological polar surface area (TPSA) is 67.0 Å². The van der Waals surface area contributed by atoms with Gasteiger partial charge in [0.05, 0.1) is 6.42 Å². The molecule has 3 aromatic rings. The number of aromatic nitrogens is 1. The SMILES string of the molecule is C=c1[nH]c(=O)c2ccc3c4c(ccc1c42)C(=O)CC3=O. The van der Waals surface area contributed by atoms with Crippen LogP contribution in [0.15, 0.2) is 29.1 Å². The first-order valence-corrected chi connectivity index (χ1v) is 6.24. The summed E-state index contributed by atoms with van der Waals surface area (Å²) in [5.74, 6) is -0.384. The highest BCUT2D eigenvalue weighted by molar-refractivity contribution is 6.31. The van der Waals surface area contributed by atoms with Crippen LogP contribution in [0.4, 0.5) is 0 Å². The zero-order chi connectivity index (χ0) is 14.0. The van der Waals surface area contributed by atoms with Gasteiger partial charge in [0.15, 0.2) is 11.6 Å². The van der Waals surface area contributed by atoms with E-state index in [4.69, 9.17) is 0 Å². The van der Waals surface area contributed by atoms with E-state index in [2.05, 4.69) is 11.6 Å². The summed E-state index contributed by atoms with van der Waals surface area (Å²) in [4.78, 5) is 38.8. The Morgan fingerprint density at radius 1 is 0.850 bits per heavy atom. The molecule has 1 aromatic heterocycles. The monoisotopic (exact) mass is 263 g/mol. The van der Waals surface area contributed by atoms with Gasteiger partial charge in [-0.1, -0.05) is 18.7 Å². The summed E-state index contributed by atoms with van der Waals surface area (Å²) in [7, 11) is 0. The smallest absolute Gasteiger partial charge is 0.256 e. The maximum atomic E-state index is 12.0. The molecule has 2 aromatic carbocycles. The summed E-state index contributed by atoms with van der Waals surface area (Å²) in [5, 5.41) is 3.00. The fraction of sp³-hybridized carbons (Fsp3) is 0.0625. The van der Waals surface area contributed by atoms with Crippen molar-refractivity contribution in [2.45, 2.75) is 6.42 Å². The van der Waals surface area contributed by atoms with E-state index in [1.807, 2.05) is 0 Å². The summed E-state index contributed by atoms with van der Waals surface area (Å²) in [6.07, 6.45) is -0.103. The average Bonchev–Trinajstić information content (AvgIpc) is 2.42. The Balaban J connectivity index is 2.45. The highest BCUT2D eigenvalue weighted by atomic mass is 16.1. The van der Waals surface area contributed by atoms with Gasteiger partial charge in [0.2, 0.25) is 0 Å². The van der Waals surface area contributed by atoms with Crippen molar-refractivity contribution in [1.82, 2.24) is 4.98 Å². The van der Waals surface area contributed by atoms with Crippen molar-refractivity contribution >= 4 is 39.7 Å². The van der Waals surface area contributed by atoms with Crippen LogP contribution in [-0.2, 0) is 0 Å². The minimum Gasteiger partial charge on any atom is -0.322 e. The molecule has 0 saturated heterocycles. The molecule has 96 valence electrons. The van der Waals surface area contributed by atoms with Crippen LogP contribution in [0.2, 0.25) is 0 Å².